The van der Waals surface area contributed by atoms with E-state index in [1.165, 1.54) is 30.7 Å². The van der Waals surface area contributed by atoms with E-state index in [0.29, 0.717) is 4.88 Å². The summed E-state index contributed by atoms with van der Waals surface area (Å²) in [6.07, 6.45) is 2.49. The Morgan fingerprint density at radius 2 is 2.11 bits per heavy atom. The number of thiophene rings is 1. The maximum atomic E-state index is 10.8. The molecule has 2 rings (SSSR count). The van der Waals surface area contributed by atoms with Crippen molar-refractivity contribution >= 4 is 17.3 Å². The van der Waals surface area contributed by atoms with E-state index >= 15 is 0 Å². The average Bonchev–Trinajstić information content (AvgIpc) is 2.80. The molecule has 0 bridgehead atoms. The highest BCUT2D eigenvalue weighted by Crippen LogP contribution is 2.23. The first-order chi connectivity index (χ1) is 9.04. The van der Waals surface area contributed by atoms with Gasteiger partial charge in [0, 0.05) is 18.0 Å². The van der Waals surface area contributed by atoms with Gasteiger partial charge in [0.05, 0.1) is 0 Å². The first kappa shape index (κ1) is 14.5. The van der Waals surface area contributed by atoms with Gasteiger partial charge in [0.1, 0.15) is 4.88 Å². The number of piperidine rings is 1. The van der Waals surface area contributed by atoms with Gasteiger partial charge in [0.25, 0.3) is 0 Å². The normalized spacial score (nSPS) is 18.1. The van der Waals surface area contributed by atoms with Crippen molar-refractivity contribution in [1.82, 2.24) is 9.80 Å². The summed E-state index contributed by atoms with van der Waals surface area (Å²) in [5.41, 5.74) is 0. The second kappa shape index (κ2) is 6.50. The molecule has 0 saturated carbocycles. The number of carboxylic acids is 1. The molecule has 0 amide bonds. The van der Waals surface area contributed by atoms with Crippen LogP contribution in [0, 0.1) is 5.92 Å². The maximum absolute atomic E-state index is 10.8. The molecule has 1 fully saturated rings. The van der Waals surface area contributed by atoms with Gasteiger partial charge < -0.3 is 10.0 Å². The predicted octanol–water partition coefficient (Wildman–Crippen LogP) is 2.22. The molecule has 0 atom stereocenters. The van der Waals surface area contributed by atoms with Gasteiger partial charge in [-0.15, -0.1) is 11.3 Å². The van der Waals surface area contributed by atoms with Crippen molar-refractivity contribution in [2.45, 2.75) is 19.4 Å². The van der Waals surface area contributed by atoms with Gasteiger partial charge in [0.15, 0.2) is 0 Å². The van der Waals surface area contributed by atoms with Gasteiger partial charge >= 0.3 is 5.97 Å². The summed E-state index contributed by atoms with van der Waals surface area (Å²) in [7, 11) is 4.26. The van der Waals surface area contributed by atoms with Crippen molar-refractivity contribution in [1.29, 1.82) is 0 Å². The van der Waals surface area contributed by atoms with E-state index < -0.39 is 5.97 Å². The summed E-state index contributed by atoms with van der Waals surface area (Å²) >= 11 is 1.40. The molecular formula is C14H22N2O2S. The lowest BCUT2D eigenvalue weighted by atomic mass is 9.96. The molecule has 1 aliphatic heterocycles. The van der Waals surface area contributed by atoms with Crippen molar-refractivity contribution in [2.24, 2.45) is 5.92 Å². The quantitative estimate of drug-likeness (QED) is 0.899. The third-order valence-corrected chi connectivity index (χ3v) is 4.64. The van der Waals surface area contributed by atoms with Gasteiger partial charge in [0.2, 0.25) is 0 Å². The lowest BCUT2D eigenvalue weighted by Gasteiger charge is -2.32. The highest BCUT2D eigenvalue weighted by Gasteiger charge is 2.20. The Morgan fingerprint density at radius 3 is 2.63 bits per heavy atom. The molecule has 2 heterocycles. The molecule has 1 aliphatic rings. The Labute approximate surface area is 118 Å². The molecule has 4 nitrogen and oxygen atoms in total. The van der Waals surface area contributed by atoms with E-state index in [1.807, 2.05) is 6.07 Å². The minimum Gasteiger partial charge on any atom is -0.477 e. The molecule has 1 aromatic rings. The van der Waals surface area contributed by atoms with Crippen LogP contribution in [0.4, 0.5) is 0 Å². The van der Waals surface area contributed by atoms with Gasteiger partial charge in [-0.2, -0.15) is 0 Å². The molecular weight excluding hydrogens is 260 g/mol. The zero-order valence-electron chi connectivity index (χ0n) is 11.6. The largest absolute Gasteiger partial charge is 0.477 e. The van der Waals surface area contributed by atoms with Crippen LogP contribution >= 0.6 is 11.3 Å². The highest BCUT2D eigenvalue weighted by molar-refractivity contribution is 7.13. The second-order valence-electron chi connectivity index (χ2n) is 5.55. The summed E-state index contributed by atoms with van der Waals surface area (Å²) in [4.78, 5) is 17.1. The van der Waals surface area contributed by atoms with Crippen molar-refractivity contribution in [2.75, 3.05) is 33.7 Å². The molecule has 0 unspecified atom stereocenters. The van der Waals surface area contributed by atoms with Crippen LogP contribution in [0.15, 0.2) is 12.1 Å². The van der Waals surface area contributed by atoms with Crippen LogP contribution in [0.2, 0.25) is 0 Å². The summed E-state index contributed by atoms with van der Waals surface area (Å²) < 4.78 is 0. The van der Waals surface area contributed by atoms with Crippen LogP contribution in [0.25, 0.3) is 0 Å². The fourth-order valence-electron chi connectivity index (χ4n) is 2.64. The number of rotatable bonds is 5. The zero-order valence-corrected chi connectivity index (χ0v) is 12.4. The third-order valence-electron chi connectivity index (χ3n) is 3.58. The van der Waals surface area contributed by atoms with E-state index in [0.717, 1.165) is 30.4 Å². The molecule has 5 heteroatoms. The van der Waals surface area contributed by atoms with Crippen LogP contribution in [-0.2, 0) is 6.54 Å². The fraction of sp³-hybridized carbons (Fsp3) is 0.643. The van der Waals surface area contributed by atoms with E-state index in [2.05, 4.69) is 23.9 Å². The Hall–Kier alpha value is -0.910. The van der Waals surface area contributed by atoms with Gasteiger partial charge in [-0.05, 0) is 58.1 Å². The first-order valence-electron chi connectivity index (χ1n) is 6.73. The zero-order chi connectivity index (χ0) is 13.8. The number of carboxylic acid groups (broad SMARTS) is 1. The van der Waals surface area contributed by atoms with E-state index in [4.69, 9.17) is 5.11 Å². The molecule has 0 spiro atoms. The minimum absolute atomic E-state index is 0.442. The van der Waals surface area contributed by atoms with Crippen molar-refractivity contribution in [3.63, 3.8) is 0 Å². The average molecular weight is 282 g/mol. The van der Waals surface area contributed by atoms with Gasteiger partial charge in [-0.1, -0.05) is 0 Å². The molecule has 1 saturated heterocycles. The molecule has 0 radical (unpaired) electrons. The fourth-order valence-corrected chi connectivity index (χ4v) is 3.53. The lowest BCUT2D eigenvalue weighted by molar-refractivity contribution is 0.0702. The minimum atomic E-state index is -0.819. The van der Waals surface area contributed by atoms with E-state index in [1.54, 1.807) is 6.07 Å². The monoisotopic (exact) mass is 282 g/mol. The number of aromatic carboxylic acids is 1. The molecule has 0 aromatic carbocycles. The summed E-state index contributed by atoms with van der Waals surface area (Å²) in [5, 5.41) is 8.91. The van der Waals surface area contributed by atoms with Crippen LogP contribution in [0.1, 0.15) is 27.4 Å². The highest BCUT2D eigenvalue weighted by atomic mass is 32.1. The Balaban J connectivity index is 1.80. The molecule has 19 heavy (non-hydrogen) atoms. The maximum Gasteiger partial charge on any atom is 0.345 e. The van der Waals surface area contributed by atoms with Crippen molar-refractivity contribution in [3.8, 4) is 0 Å². The van der Waals surface area contributed by atoms with Gasteiger partial charge in [-0.25, -0.2) is 4.79 Å². The first-order valence-corrected chi connectivity index (χ1v) is 7.55. The SMILES string of the molecule is CN(C)CC1CCN(Cc2ccc(C(=O)O)s2)CC1. The van der Waals surface area contributed by atoms with Crippen LogP contribution < -0.4 is 0 Å². The summed E-state index contributed by atoms with van der Waals surface area (Å²) in [5.74, 6) is -0.00916. The number of likely N-dealkylation sites (tertiary alicyclic amines) is 1. The standard InChI is InChI=1S/C14H22N2O2S/c1-15(2)9-11-5-7-16(8-6-11)10-12-3-4-13(19-12)14(17)18/h3-4,11H,5-10H2,1-2H3,(H,17,18). The molecule has 0 aliphatic carbocycles. The number of hydrogen-bond acceptors (Lipinski definition) is 4. The van der Waals surface area contributed by atoms with Crippen LogP contribution in [-0.4, -0.2) is 54.6 Å². The van der Waals surface area contributed by atoms with Gasteiger partial charge in [-0.3, -0.25) is 4.90 Å². The molecule has 1 aromatic heterocycles. The molecule has 1 N–H and O–H groups in total. The van der Waals surface area contributed by atoms with E-state index in [-0.39, 0.29) is 0 Å². The van der Waals surface area contributed by atoms with Crippen molar-refractivity contribution in [3.05, 3.63) is 21.9 Å². The van der Waals surface area contributed by atoms with Crippen LogP contribution in [0.3, 0.4) is 0 Å². The Kier molecular flexibility index (Phi) is 4.96. The number of carbonyl (C=O) groups is 1. The van der Waals surface area contributed by atoms with E-state index in [9.17, 15) is 4.79 Å². The van der Waals surface area contributed by atoms with Crippen LogP contribution in [0.5, 0.6) is 0 Å². The summed E-state index contributed by atoms with van der Waals surface area (Å²) in [6, 6.07) is 3.65. The molecule has 106 valence electrons. The predicted molar refractivity (Wildman–Crippen MR) is 77.8 cm³/mol. The van der Waals surface area contributed by atoms with Crippen molar-refractivity contribution < 1.29 is 9.90 Å². The lowest BCUT2D eigenvalue weighted by Crippen LogP contribution is -2.36. The Bertz CT molecular complexity index is 423. The summed E-state index contributed by atoms with van der Waals surface area (Å²) in [6.45, 7) is 4.32. The topological polar surface area (TPSA) is 43.8 Å². The second-order valence-corrected chi connectivity index (χ2v) is 6.72. The number of nitrogens with zero attached hydrogens (tertiary/aromatic N) is 2. The Morgan fingerprint density at radius 1 is 1.42 bits per heavy atom. The third kappa shape index (κ3) is 4.30. The number of hydrogen-bond donors (Lipinski definition) is 1. The smallest absolute Gasteiger partial charge is 0.345 e.